The van der Waals surface area contributed by atoms with Gasteiger partial charge in [-0.3, -0.25) is 0 Å². The molecule has 2 aliphatic heterocycles. The highest BCUT2D eigenvalue weighted by atomic mass is 35.6. The summed E-state index contributed by atoms with van der Waals surface area (Å²) in [6.07, 6.45) is -0.671. The maximum atomic E-state index is 9.96. The van der Waals surface area contributed by atoms with E-state index in [2.05, 4.69) is 222 Å². The first kappa shape index (κ1) is 52.4. The van der Waals surface area contributed by atoms with Crippen molar-refractivity contribution in [3.8, 4) is 0 Å². The fourth-order valence-corrected chi connectivity index (χ4v) is 89.6. The first-order valence-electron chi connectivity index (χ1n) is 26.0. The Hall–Kier alpha value is -3.00. The van der Waals surface area contributed by atoms with Gasteiger partial charge in [0.05, 0.1) is 0 Å². The third-order valence-electron chi connectivity index (χ3n) is 15.3. The van der Waals surface area contributed by atoms with Gasteiger partial charge in [-0.25, -0.2) is 0 Å². The summed E-state index contributed by atoms with van der Waals surface area (Å²) in [4.78, 5) is 0. The van der Waals surface area contributed by atoms with Crippen LogP contribution in [0.4, 0.5) is 0 Å². The first-order valence-corrected chi connectivity index (χ1v) is 36.1. The van der Waals surface area contributed by atoms with Crippen LogP contribution < -0.4 is 25.9 Å². The largest absolute Gasteiger partial charge is 0.381 e. The Labute approximate surface area is 411 Å². The average molecular weight is 956 g/mol. The lowest BCUT2D eigenvalue weighted by Gasteiger charge is -2.37. The maximum absolute atomic E-state index is 9.96. The van der Waals surface area contributed by atoms with Crippen molar-refractivity contribution in [3.05, 3.63) is 147 Å². The zero-order chi connectivity index (χ0) is 48.6. The molecular formula is C61H87ClOSi3. The third-order valence-corrected chi connectivity index (χ3v) is 66.1. The predicted molar refractivity (Wildman–Crippen MR) is 300 cm³/mol. The fourth-order valence-electron chi connectivity index (χ4n) is 11.8. The molecule has 2 fully saturated rings. The molecule has 5 heteroatoms. The van der Waals surface area contributed by atoms with E-state index >= 15 is 0 Å². The van der Waals surface area contributed by atoms with Gasteiger partial charge in [-0.2, -0.15) is 11.1 Å². The van der Waals surface area contributed by atoms with Crippen molar-refractivity contribution in [2.24, 2.45) is 0 Å². The molecule has 0 aromatic heterocycles. The number of benzene rings is 5. The van der Waals surface area contributed by atoms with Crippen molar-refractivity contribution in [1.82, 2.24) is 0 Å². The molecule has 0 N–H and O–H groups in total. The molecule has 0 bridgehead atoms. The second-order valence-corrected chi connectivity index (χ2v) is 51.4. The normalized spacial score (nSPS) is 17.9. The molecule has 66 heavy (non-hydrogen) atoms. The molecule has 2 aliphatic rings. The SMILES string of the molecule is C1CCOC1.CC(C)c1cc(C(C)C)c([Si]2(c3c(C(C)C)cc(C(C)C)cc3C(C)C)[Si](c3ccccc3)(c3ccccc3)[Si@@]2(Cl)c2c(C(C)C)cc(C(C)C)cc2C(C)C)c(C(C)C)c1. The summed E-state index contributed by atoms with van der Waals surface area (Å²) in [5, 5.41) is 8.11. The van der Waals surface area contributed by atoms with E-state index in [1.54, 1.807) is 48.2 Å². The van der Waals surface area contributed by atoms with Crippen molar-refractivity contribution in [2.45, 2.75) is 191 Å². The Kier molecular flexibility index (Phi) is 16.6. The Morgan fingerprint density at radius 3 is 0.818 bits per heavy atom. The van der Waals surface area contributed by atoms with Crippen LogP contribution in [0.25, 0.3) is 0 Å². The van der Waals surface area contributed by atoms with Crippen molar-refractivity contribution in [2.75, 3.05) is 13.2 Å². The van der Waals surface area contributed by atoms with Gasteiger partial charge in [0.2, 0.25) is 0 Å². The minimum atomic E-state index is -3.23. The predicted octanol–water partition coefficient (Wildman–Crippen LogP) is 14.8. The second-order valence-electron chi connectivity index (χ2n) is 22.8. The highest BCUT2D eigenvalue weighted by Crippen LogP contribution is 2.57. The minimum absolute atomic E-state index is 0.329. The van der Waals surface area contributed by atoms with Crippen molar-refractivity contribution in [1.29, 1.82) is 0 Å². The Morgan fingerprint density at radius 1 is 0.348 bits per heavy atom. The smallest absolute Gasteiger partial charge is 0.184 e. The molecule has 2 saturated heterocycles. The molecule has 5 aromatic carbocycles. The molecule has 0 spiro atoms. The van der Waals surface area contributed by atoms with Gasteiger partial charge in [-0.05, 0) is 121 Å². The minimum Gasteiger partial charge on any atom is -0.381 e. The molecular weight excluding hydrogens is 868 g/mol. The van der Waals surface area contributed by atoms with Crippen LogP contribution in [-0.4, -0.2) is 33.9 Å². The summed E-state index contributed by atoms with van der Waals surface area (Å²) in [7, 11) is -6.18. The molecule has 356 valence electrons. The summed E-state index contributed by atoms with van der Waals surface area (Å²) >= 11 is 9.96. The van der Waals surface area contributed by atoms with Crippen LogP contribution in [0.2, 0.25) is 0 Å². The Morgan fingerprint density at radius 2 is 0.606 bits per heavy atom. The zero-order valence-electron chi connectivity index (χ0n) is 44.5. The monoisotopic (exact) mass is 955 g/mol. The second kappa shape index (κ2) is 20.9. The molecule has 2 heterocycles. The van der Waals surface area contributed by atoms with Gasteiger partial charge in [0.25, 0.3) is 0 Å². The number of hydrogen-bond donors (Lipinski definition) is 0. The quantitative estimate of drug-likeness (QED) is 0.0796. The maximum Gasteiger partial charge on any atom is 0.184 e. The number of ether oxygens (including phenoxy) is 1. The molecule has 0 radical (unpaired) electrons. The number of rotatable bonds is 14. The lowest BCUT2D eigenvalue weighted by Crippen LogP contribution is -2.68. The topological polar surface area (TPSA) is 9.23 Å². The van der Waals surface area contributed by atoms with E-state index in [1.807, 2.05) is 0 Å². The standard InChI is InChI=1S/C57H79ClSi3.C4H8O/c1-35(2)44-29-49(38(7)8)55(50(30-44)39(9)10)60(56-51(40(11)12)31-45(36(3)4)32-52(56)41(13)14)59(47-25-21-19-22-26-47,48-27-23-20-24-28-48)61(60,58)57-53(42(15)16)33-46(37(5)6)34-54(57)43(17)18;1-2-4-5-3-1/h19-43H,1-18H3;1-4H2/t61-;/m0./s1. The van der Waals surface area contributed by atoms with Crippen LogP contribution in [0, 0.1) is 0 Å². The van der Waals surface area contributed by atoms with Gasteiger partial charge in [-0.1, -0.05) is 242 Å². The van der Waals surface area contributed by atoms with Gasteiger partial charge >= 0.3 is 0 Å². The van der Waals surface area contributed by atoms with Crippen molar-refractivity contribution < 1.29 is 4.74 Å². The van der Waals surface area contributed by atoms with E-state index < -0.39 is 20.6 Å². The van der Waals surface area contributed by atoms with Crippen molar-refractivity contribution in [3.63, 3.8) is 0 Å². The highest BCUT2D eigenvalue weighted by Gasteiger charge is 2.95. The van der Waals surface area contributed by atoms with E-state index in [9.17, 15) is 11.1 Å². The molecule has 1 nitrogen and oxygen atoms in total. The Bertz CT molecular complexity index is 2210. The van der Waals surface area contributed by atoms with E-state index in [-0.39, 0.29) is 0 Å². The van der Waals surface area contributed by atoms with Gasteiger partial charge < -0.3 is 4.74 Å². The summed E-state index contributed by atoms with van der Waals surface area (Å²) < 4.78 is 4.94. The lowest BCUT2D eigenvalue weighted by molar-refractivity contribution is 0.198. The van der Waals surface area contributed by atoms with Crippen LogP contribution >= 0.6 is 11.1 Å². The number of hydrogen-bond acceptors (Lipinski definition) is 1. The molecule has 0 saturated carbocycles. The number of halogens is 1. The summed E-state index contributed by atoms with van der Waals surface area (Å²) in [5.74, 6) is 3.28. The molecule has 0 amide bonds. The highest BCUT2D eigenvalue weighted by molar-refractivity contribution is 8.31. The van der Waals surface area contributed by atoms with Crippen molar-refractivity contribution >= 4 is 57.6 Å². The van der Waals surface area contributed by atoms with Gasteiger partial charge in [0, 0.05) is 13.2 Å². The molecule has 0 unspecified atom stereocenters. The zero-order valence-corrected chi connectivity index (χ0v) is 48.3. The van der Waals surface area contributed by atoms with E-state index in [1.165, 1.54) is 40.7 Å². The summed E-state index contributed by atoms with van der Waals surface area (Å²) in [6.45, 7) is 46.0. The molecule has 5 aromatic rings. The Balaban J connectivity index is 0.00000135. The fraction of sp³-hybridized carbons (Fsp3) is 0.508. The van der Waals surface area contributed by atoms with Crippen LogP contribution in [0.15, 0.2) is 97.1 Å². The molecule has 7 rings (SSSR count). The summed E-state index contributed by atoms with van der Waals surface area (Å²) in [6, 6.07) is 40.0. The molecule has 1 atom stereocenters. The van der Waals surface area contributed by atoms with Crippen LogP contribution in [-0.2, 0) is 4.74 Å². The van der Waals surface area contributed by atoms with Gasteiger partial charge in [0.1, 0.15) is 14.2 Å². The van der Waals surface area contributed by atoms with Gasteiger partial charge in [-0.15, -0.1) is 0 Å². The van der Waals surface area contributed by atoms with E-state index in [0.717, 1.165) is 13.2 Å². The first-order chi connectivity index (χ1) is 31.1. The van der Waals surface area contributed by atoms with E-state index in [4.69, 9.17) is 4.74 Å². The van der Waals surface area contributed by atoms with Crippen LogP contribution in [0.5, 0.6) is 0 Å². The van der Waals surface area contributed by atoms with Gasteiger partial charge in [0.15, 0.2) is 6.42 Å². The van der Waals surface area contributed by atoms with E-state index in [0.29, 0.717) is 53.3 Å². The average Bonchev–Trinajstić information content (AvgIpc) is 3.57. The lowest BCUT2D eigenvalue weighted by atomic mass is 9.89. The molecule has 0 aliphatic carbocycles. The van der Waals surface area contributed by atoms with Crippen LogP contribution in [0.1, 0.15) is 241 Å². The summed E-state index contributed by atoms with van der Waals surface area (Å²) in [5.41, 5.74) is 13.7. The third kappa shape index (κ3) is 8.91. The van der Waals surface area contributed by atoms with Crippen LogP contribution in [0.3, 0.4) is 0 Å².